The van der Waals surface area contributed by atoms with Gasteiger partial charge in [0.1, 0.15) is 11.3 Å². The number of allylic oxidation sites excluding steroid dienone is 1. The van der Waals surface area contributed by atoms with E-state index in [1.54, 1.807) is 0 Å². The number of aromatic nitrogens is 2. The van der Waals surface area contributed by atoms with Crippen LogP contribution in [0.5, 0.6) is 0 Å². The van der Waals surface area contributed by atoms with Crippen LogP contribution in [-0.4, -0.2) is 0 Å². The SMILES string of the molecule is Cc1cc2[n+](cc1C)/C=C/CC1c3ccccc3-c3cccc[n+]3C1Cc1cc(C)c3c4c(oc3c1-2)CCCC4. The van der Waals surface area contributed by atoms with Gasteiger partial charge in [0.25, 0.3) is 0 Å². The molecule has 198 valence electrons. The maximum atomic E-state index is 6.88. The number of hydrogen-bond donors (Lipinski definition) is 0. The van der Waals surface area contributed by atoms with Crippen LogP contribution in [-0.2, 0) is 19.3 Å². The summed E-state index contributed by atoms with van der Waals surface area (Å²) in [4.78, 5) is 0. The first-order chi connectivity index (χ1) is 19.6. The molecule has 2 atom stereocenters. The number of hydrogen-bond acceptors (Lipinski definition) is 1. The predicted octanol–water partition coefficient (Wildman–Crippen LogP) is 7.90. The first-order valence-electron chi connectivity index (χ1n) is 14.9. The molecule has 2 aliphatic heterocycles. The molecule has 0 fully saturated rings. The molecule has 2 aromatic carbocycles. The molecule has 40 heavy (non-hydrogen) atoms. The van der Waals surface area contributed by atoms with Crippen molar-refractivity contribution in [3.05, 3.63) is 112 Å². The van der Waals surface area contributed by atoms with Crippen molar-refractivity contribution in [1.82, 2.24) is 0 Å². The first kappa shape index (κ1) is 23.9. The lowest BCUT2D eigenvalue weighted by molar-refractivity contribution is -0.718. The van der Waals surface area contributed by atoms with E-state index >= 15 is 0 Å². The molecule has 5 aromatic rings. The number of benzene rings is 2. The summed E-state index contributed by atoms with van der Waals surface area (Å²) >= 11 is 0. The lowest BCUT2D eigenvalue weighted by atomic mass is 9.77. The minimum atomic E-state index is 0.314. The van der Waals surface area contributed by atoms with Crippen LogP contribution in [0.3, 0.4) is 0 Å². The van der Waals surface area contributed by atoms with Crippen LogP contribution in [0.2, 0.25) is 0 Å². The molecule has 0 saturated heterocycles. The Hall–Kier alpha value is -3.98. The molecule has 2 unspecified atom stereocenters. The summed E-state index contributed by atoms with van der Waals surface area (Å²) in [5, 5.41) is 1.36. The summed E-state index contributed by atoms with van der Waals surface area (Å²) in [5.74, 6) is 1.60. The molecule has 0 bridgehead atoms. The van der Waals surface area contributed by atoms with Crippen molar-refractivity contribution in [1.29, 1.82) is 0 Å². The van der Waals surface area contributed by atoms with Gasteiger partial charge < -0.3 is 4.42 Å². The van der Waals surface area contributed by atoms with Gasteiger partial charge in [-0.3, -0.25) is 0 Å². The maximum Gasteiger partial charge on any atom is 0.222 e. The van der Waals surface area contributed by atoms with E-state index in [9.17, 15) is 0 Å². The summed E-state index contributed by atoms with van der Waals surface area (Å²) < 4.78 is 11.8. The van der Waals surface area contributed by atoms with E-state index in [1.807, 2.05) is 0 Å². The van der Waals surface area contributed by atoms with Crippen molar-refractivity contribution >= 4 is 17.2 Å². The van der Waals surface area contributed by atoms with E-state index in [1.165, 1.54) is 79.9 Å². The smallest absolute Gasteiger partial charge is 0.222 e. The number of furan rings is 1. The predicted molar refractivity (Wildman–Crippen MR) is 160 cm³/mol. The Bertz CT molecular complexity index is 1860. The number of nitrogens with zero attached hydrogens (tertiary/aromatic N) is 2. The van der Waals surface area contributed by atoms with Gasteiger partial charge in [0, 0.05) is 53.1 Å². The molecule has 0 amide bonds. The third-order valence-electron chi connectivity index (χ3n) is 9.78. The average Bonchev–Trinajstić information content (AvgIpc) is 3.36. The van der Waals surface area contributed by atoms with E-state index in [4.69, 9.17) is 4.42 Å². The van der Waals surface area contributed by atoms with Crippen molar-refractivity contribution in [2.24, 2.45) is 0 Å². The quantitative estimate of drug-likeness (QED) is 0.189. The summed E-state index contributed by atoms with van der Waals surface area (Å²) in [5.41, 5.74) is 14.6. The molecule has 8 rings (SSSR count). The van der Waals surface area contributed by atoms with Crippen LogP contribution in [0.25, 0.3) is 39.7 Å². The summed E-state index contributed by atoms with van der Waals surface area (Å²) in [7, 11) is 0. The normalized spacial score (nSPS) is 20.0. The Morgan fingerprint density at radius 3 is 2.62 bits per heavy atom. The summed E-state index contributed by atoms with van der Waals surface area (Å²) in [6, 6.07) is 20.9. The van der Waals surface area contributed by atoms with Gasteiger partial charge in [-0.25, -0.2) is 0 Å². The van der Waals surface area contributed by atoms with Crippen molar-refractivity contribution in [2.75, 3.05) is 0 Å². The highest BCUT2D eigenvalue weighted by atomic mass is 16.3. The molecule has 0 N–H and O–H groups in total. The van der Waals surface area contributed by atoms with Gasteiger partial charge in [-0.05, 0) is 86.9 Å². The number of fused-ring (bicyclic) bond motifs is 13. The van der Waals surface area contributed by atoms with Crippen LogP contribution in [0.1, 0.15) is 70.4 Å². The molecule has 0 radical (unpaired) electrons. The van der Waals surface area contributed by atoms with E-state index in [0.29, 0.717) is 12.0 Å². The number of pyridine rings is 2. The molecule has 3 aromatic heterocycles. The monoisotopic (exact) mass is 524 g/mol. The molecule has 3 aliphatic rings. The number of rotatable bonds is 0. The molecule has 5 heterocycles. The molecule has 1 aliphatic carbocycles. The van der Waals surface area contributed by atoms with Crippen molar-refractivity contribution < 1.29 is 13.6 Å². The largest absolute Gasteiger partial charge is 0.460 e. The molecule has 0 saturated carbocycles. The fourth-order valence-electron chi connectivity index (χ4n) is 7.75. The fourth-order valence-corrected chi connectivity index (χ4v) is 7.75. The Kier molecular flexibility index (Phi) is 5.38. The van der Waals surface area contributed by atoms with Crippen molar-refractivity contribution in [2.45, 2.75) is 71.3 Å². The van der Waals surface area contributed by atoms with E-state index in [-0.39, 0.29) is 0 Å². The summed E-state index contributed by atoms with van der Waals surface area (Å²) in [6.45, 7) is 6.75. The Balaban J connectivity index is 1.45. The highest BCUT2D eigenvalue weighted by molar-refractivity contribution is 5.98. The summed E-state index contributed by atoms with van der Waals surface area (Å²) in [6.07, 6.45) is 15.9. The van der Waals surface area contributed by atoms with E-state index < -0.39 is 0 Å². The van der Waals surface area contributed by atoms with E-state index in [0.717, 1.165) is 31.3 Å². The minimum Gasteiger partial charge on any atom is -0.460 e. The standard InChI is InChI=1S/C37H36N2O/c1-23-20-33-36-26(19-24(2)35-30-13-6-7-16-34(30)40-37(35)36)21-32-29(14-10-17-38(33)22-25(23)3)27-11-4-5-12-28(27)31-15-8-9-18-39(31)32/h4-5,8-12,15,17-20,22,29,32H,6-7,13-14,16,21H2,1-3H3/q+2/b17-10+. The molecule has 3 nitrogen and oxygen atoms in total. The van der Waals surface area contributed by atoms with Gasteiger partial charge in [0.05, 0.1) is 11.5 Å². The van der Waals surface area contributed by atoms with Crippen LogP contribution in [0.4, 0.5) is 0 Å². The van der Waals surface area contributed by atoms with Gasteiger partial charge in [-0.2, -0.15) is 9.13 Å². The molecule has 0 spiro atoms. The Morgan fingerprint density at radius 2 is 1.70 bits per heavy atom. The second-order valence-corrected chi connectivity index (χ2v) is 12.2. The Labute approximate surface area is 236 Å². The van der Waals surface area contributed by atoms with Crippen molar-refractivity contribution in [3.63, 3.8) is 0 Å². The zero-order chi connectivity index (χ0) is 27.0. The molecule has 3 heteroatoms. The van der Waals surface area contributed by atoms with Gasteiger partial charge in [-0.15, -0.1) is 0 Å². The highest BCUT2D eigenvalue weighted by Gasteiger charge is 2.41. The molecular weight excluding hydrogens is 488 g/mol. The highest BCUT2D eigenvalue weighted by Crippen LogP contribution is 2.45. The molecular formula is C37H36N2O+2. The van der Waals surface area contributed by atoms with E-state index in [2.05, 4.69) is 109 Å². The third kappa shape index (κ3) is 3.49. The lowest BCUT2D eigenvalue weighted by Crippen LogP contribution is -2.48. The minimum absolute atomic E-state index is 0.314. The second-order valence-electron chi connectivity index (χ2n) is 12.2. The lowest BCUT2D eigenvalue weighted by Gasteiger charge is -2.30. The topological polar surface area (TPSA) is 20.9 Å². The maximum absolute atomic E-state index is 6.88. The number of aryl methyl sites for hydroxylation is 5. The van der Waals surface area contributed by atoms with Crippen LogP contribution in [0.15, 0.2) is 77.5 Å². The third-order valence-corrected chi connectivity index (χ3v) is 9.78. The fraction of sp³-hybridized carbons (Fsp3) is 0.297. The zero-order valence-electron chi connectivity index (χ0n) is 23.7. The van der Waals surface area contributed by atoms with Crippen LogP contribution >= 0.6 is 0 Å². The van der Waals surface area contributed by atoms with Gasteiger partial charge in [0.15, 0.2) is 24.6 Å². The van der Waals surface area contributed by atoms with Gasteiger partial charge in [0.2, 0.25) is 11.4 Å². The van der Waals surface area contributed by atoms with Gasteiger partial charge in [-0.1, -0.05) is 24.3 Å². The zero-order valence-corrected chi connectivity index (χ0v) is 23.7. The van der Waals surface area contributed by atoms with Crippen LogP contribution < -0.4 is 9.13 Å². The first-order valence-corrected chi connectivity index (χ1v) is 14.9. The second kappa shape index (κ2) is 9.02. The van der Waals surface area contributed by atoms with Crippen LogP contribution in [0, 0.1) is 20.8 Å². The van der Waals surface area contributed by atoms with Gasteiger partial charge >= 0.3 is 0 Å². The Morgan fingerprint density at radius 1 is 0.850 bits per heavy atom. The van der Waals surface area contributed by atoms with Crippen molar-refractivity contribution in [3.8, 4) is 22.5 Å². The average molecular weight is 525 g/mol.